The molecule has 4 aromatic rings. The standard InChI is InChI=1S/C32H26O6S2/c1-19-15-23(17-25(31(35)37-3)27(19)29(33)21-11-7-5-8-12-21)39-40-24-16-20(2)28(26(18-24)32(36)38-4)30(34)22-13-9-6-10-14-22/h5-18H,1-4H3. The largest absolute Gasteiger partial charge is 0.465 e. The lowest BCUT2D eigenvalue weighted by Gasteiger charge is -2.14. The molecule has 0 saturated carbocycles. The molecule has 4 rings (SSSR count). The second-order valence-corrected chi connectivity index (χ2v) is 11.1. The number of ketones is 2. The van der Waals surface area contributed by atoms with Crippen LogP contribution >= 0.6 is 21.6 Å². The van der Waals surface area contributed by atoms with E-state index >= 15 is 0 Å². The lowest BCUT2D eigenvalue weighted by molar-refractivity contribution is 0.0589. The van der Waals surface area contributed by atoms with Gasteiger partial charge in [-0.2, -0.15) is 0 Å². The number of esters is 2. The zero-order chi connectivity index (χ0) is 28.8. The Bertz CT molecular complexity index is 1480. The van der Waals surface area contributed by atoms with Crippen LogP contribution in [-0.4, -0.2) is 37.7 Å². The molecule has 0 aliphatic heterocycles. The van der Waals surface area contributed by atoms with Gasteiger partial charge in [0.25, 0.3) is 0 Å². The fraction of sp³-hybridized carbons (Fsp3) is 0.125. The Morgan fingerprint density at radius 3 is 1.23 bits per heavy atom. The topological polar surface area (TPSA) is 86.7 Å². The summed E-state index contributed by atoms with van der Waals surface area (Å²) in [6.07, 6.45) is 0. The van der Waals surface area contributed by atoms with Gasteiger partial charge < -0.3 is 9.47 Å². The van der Waals surface area contributed by atoms with Crippen molar-refractivity contribution < 1.29 is 28.7 Å². The van der Waals surface area contributed by atoms with Crippen molar-refractivity contribution in [3.63, 3.8) is 0 Å². The van der Waals surface area contributed by atoms with Gasteiger partial charge in [-0.1, -0.05) is 82.3 Å². The smallest absolute Gasteiger partial charge is 0.338 e. The molecule has 0 saturated heterocycles. The SMILES string of the molecule is COC(=O)c1cc(SSc2cc(C)c(C(=O)c3ccccc3)c(C(=O)OC)c2)cc(C)c1C(=O)c1ccccc1. The van der Waals surface area contributed by atoms with E-state index in [-0.39, 0.29) is 22.7 Å². The van der Waals surface area contributed by atoms with Gasteiger partial charge in [0.05, 0.1) is 25.3 Å². The van der Waals surface area contributed by atoms with E-state index < -0.39 is 11.9 Å². The molecule has 0 spiro atoms. The van der Waals surface area contributed by atoms with Gasteiger partial charge in [0.2, 0.25) is 0 Å². The molecule has 0 bridgehead atoms. The highest BCUT2D eigenvalue weighted by Crippen LogP contribution is 2.41. The van der Waals surface area contributed by atoms with Crippen LogP contribution in [0.2, 0.25) is 0 Å². The van der Waals surface area contributed by atoms with Crippen LogP contribution in [0, 0.1) is 13.8 Å². The molecule has 0 unspecified atom stereocenters. The molecule has 0 aliphatic carbocycles. The molecular formula is C32H26O6S2. The number of hydrogen-bond acceptors (Lipinski definition) is 8. The van der Waals surface area contributed by atoms with Gasteiger partial charge in [0.15, 0.2) is 11.6 Å². The summed E-state index contributed by atoms with van der Waals surface area (Å²) in [5, 5.41) is 0. The van der Waals surface area contributed by atoms with Gasteiger partial charge >= 0.3 is 11.9 Å². The maximum Gasteiger partial charge on any atom is 0.338 e. The van der Waals surface area contributed by atoms with E-state index in [1.807, 2.05) is 24.3 Å². The first-order valence-electron chi connectivity index (χ1n) is 12.2. The van der Waals surface area contributed by atoms with Crippen molar-refractivity contribution >= 4 is 45.1 Å². The number of benzene rings is 4. The summed E-state index contributed by atoms with van der Waals surface area (Å²) in [6, 6.07) is 24.5. The lowest BCUT2D eigenvalue weighted by Crippen LogP contribution is -2.14. The first-order chi connectivity index (χ1) is 19.2. The zero-order valence-electron chi connectivity index (χ0n) is 22.3. The fourth-order valence-electron chi connectivity index (χ4n) is 4.31. The van der Waals surface area contributed by atoms with Crippen LogP contribution in [0.4, 0.5) is 0 Å². The number of carbonyl (C=O) groups excluding carboxylic acids is 4. The first kappa shape index (κ1) is 28.9. The molecule has 0 aliphatic rings. The molecule has 0 atom stereocenters. The molecule has 202 valence electrons. The fourth-order valence-corrected chi connectivity index (χ4v) is 6.44. The molecule has 6 nitrogen and oxygen atoms in total. The van der Waals surface area contributed by atoms with E-state index in [9.17, 15) is 19.2 Å². The maximum atomic E-state index is 13.3. The molecule has 4 aromatic carbocycles. The number of ether oxygens (including phenoxy) is 2. The molecular weight excluding hydrogens is 544 g/mol. The van der Waals surface area contributed by atoms with Crippen LogP contribution in [0.15, 0.2) is 94.7 Å². The van der Waals surface area contributed by atoms with E-state index in [2.05, 4.69) is 0 Å². The van der Waals surface area contributed by atoms with E-state index in [0.717, 1.165) is 0 Å². The monoisotopic (exact) mass is 570 g/mol. The average molecular weight is 571 g/mol. The molecule has 0 amide bonds. The first-order valence-corrected chi connectivity index (χ1v) is 14.4. The van der Waals surface area contributed by atoms with Crippen LogP contribution < -0.4 is 0 Å². The van der Waals surface area contributed by atoms with E-state index in [0.29, 0.717) is 43.2 Å². The van der Waals surface area contributed by atoms with Gasteiger partial charge in [-0.25, -0.2) is 9.59 Å². The Kier molecular flexibility index (Phi) is 9.24. The number of aryl methyl sites for hydroxylation is 2. The Balaban J connectivity index is 1.67. The summed E-state index contributed by atoms with van der Waals surface area (Å²) in [5.74, 6) is -1.75. The van der Waals surface area contributed by atoms with Gasteiger partial charge in [-0.3, -0.25) is 9.59 Å². The van der Waals surface area contributed by atoms with Gasteiger partial charge in [-0.05, 0) is 49.2 Å². The third kappa shape index (κ3) is 6.19. The summed E-state index contributed by atoms with van der Waals surface area (Å²) in [4.78, 5) is 53.3. The minimum atomic E-state index is -0.609. The maximum absolute atomic E-state index is 13.3. The van der Waals surface area contributed by atoms with Crippen molar-refractivity contribution in [2.75, 3.05) is 14.2 Å². The van der Waals surface area contributed by atoms with Crippen LogP contribution in [0.5, 0.6) is 0 Å². The summed E-state index contributed by atoms with van der Waals surface area (Å²) >= 11 is 0. The normalized spacial score (nSPS) is 10.6. The van der Waals surface area contributed by atoms with Gasteiger partial charge in [0, 0.05) is 32.0 Å². The minimum absolute atomic E-state index is 0.176. The quantitative estimate of drug-likeness (QED) is 0.119. The van der Waals surface area contributed by atoms with Crippen molar-refractivity contribution in [3.8, 4) is 0 Å². The molecule has 8 heteroatoms. The lowest BCUT2D eigenvalue weighted by atomic mass is 9.94. The van der Waals surface area contributed by atoms with E-state index in [1.165, 1.54) is 35.8 Å². The van der Waals surface area contributed by atoms with E-state index in [1.54, 1.807) is 74.5 Å². The highest BCUT2D eigenvalue weighted by atomic mass is 33.1. The minimum Gasteiger partial charge on any atom is -0.465 e. The number of hydrogen-bond donors (Lipinski definition) is 0. The molecule has 0 fully saturated rings. The number of rotatable bonds is 9. The van der Waals surface area contributed by atoms with Crippen molar-refractivity contribution in [2.24, 2.45) is 0 Å². The van der Waals surface area contributed by atoms with Crippen LogP contribution in [0.3, 0.4) is 0 Å². The third-order valence-electron chi connectivity index (χ3n) is 6.19. The Morgan fingerprint density at radius 1 is 0.550 bits per heavy atom. The third-order valence-corrected chi connectivity index (χ3v) is 8.53. The predicted molar refractivity (Wildman–Crippen MR) is 156 cm³/mol. The van der Waals surface area contributed by atoms with E-state index in [4.69, 9.17) is 9.47 Å². The average Bonchev–Trinajstić information content (AvgIpc) is 2.98. The van der Waals surface area contributed by atoms with Crippen molar-refractivity contribution in [3.05, 3.63) is 129 Å². The molecule has 0 radical (unpaired) electrons. The van der Waals surface area contributed by atoms with Crippen LogP contribution in [0.25, 0.3) is 0 Å². The van der Waals surface area contributed by atoms with Gasteiger partial charge in [-0.15, -0.1) is 0 Å². The highest BCUT2D eigenvalue weighted by Gasteiger charge is 2.24. The molecule has 0 N–H and O–H groups in total. The Hall–Kier alpha value is -4.14. The zero-order valence-corrected chi connectivity index (χ0v) is 24.0. The summed E-state index contributed by atoms with van der Waals surface area (Å²) in [5.41, 5.74) is 3.15. The van der Waals surface area contributed by atoms with Gasteiger partial charge in [0.1, 0.15) is 0 Å². The van der Waals surface area contributed by atoms with Crippen LogP contribution in [-0.2, 0) is 9.47 Å². The molecule has 0 heterocycles. The van der Waals surface area contributed by atoms with Crippen molar-refractivity contribution in [2.45, 2.75) is 23.6 Å². The highest BCUT2D eigenvalue weighted by molar-refractivity contribution is 8.76. The van der Waals surface area contributed by atoms with Crippen LogP contribution in [0.1, 0.15) is 63.7 Å². The van der Waals surface area contributed by atoms with Crippen molar-refractivity contribution in [1.29, 1.82) is 0 Å². The second-order valence-electron chi connectivity index (χ2n) is 8.87. The Morgan fingerprint density at radius 2 is 0.900 bits per heavy atom. The number of carbonyl (C=O) groups is 4. The summed E-state index contributed by atoms with van der Waals surface area (Å²) in [7, 11) is 5.26. The predicted octanol–water partition coefficient (Wildman–Crippen LogP) is 7.14. The molecule has 0 aromatic heterocycles. The van der Waals surface area contributed by atoms with Crippen molar-refractivity contribution in [1.82, 2.24) is 0 Å². The number of methoxy groups -OCH3 is 2. The summed E-state index contributed by atoms with van der Waals surface area (Å²) in [6.45, 7) is 3.56. The molecule has 40 heavy (non-hydrogen) atoms. The Labute approximate surface area is 240 Å². The second kappa shape index (κ2) is 12.8. The summed E-state index contributed by atoms with van der Waals surface area (Å²) < 4.78 is 9.97.